The smallest absolute Gasteiger partial charge is 0.305 e. The van der Waals surface area contributed by atoms with Crippen LogP contribution in [-0.4, -0.2) is 40.9 Å². The second-order valence-electron chi connectivity index (χ2n) is 7.97. The normalized spacial score (nSPS) is 14.4. The fourth-order valence-electron chi connectivity index (χ4n) is 3.57. The number of carbonyl (C=O) groups is 2. The van der Waals surface area contributed by atoms with Crippen molar-refractivity contribution >= 4 is 57.9 Å². The predicted molar refractivity (Wildman–Crippen MR) is 148 cm³/mol. The molecule has 1 aliphatic rings. The number of halogens is 1. The molecule has 9 heteroatoms. The molecule has 0 radical (unpaired) electrons. The quantitative estimate of drug-likeness (QED) is 0.120. The first-order valence-corrected chi connectivity index (χ1v) is 13.6. The molecule has 0 aliphatic carbocycles. The SMILES string of the molecule is CCOC(=O)CCCCCN1C(=O)/C(=C/c2ccc(OCc3ccccc3Cl)c(OCC)c2)SC1=S. The van der Waals surface area contributed by atoms with Crippen LogP contribution in [0, 0.1) is 0 Å². The number of benzene rings is 2. The summed E-state index contributed by atoms with van der Waals surface area (Å²) in [6.45, 7) is 5.42. The highest BCUT2D eigenvalue weighted by Crippen LogP contribution is 2.35. The Bertz CT molecular complexity index is 1120. The van der Waals surface area contributed by atoms with Gasteiger partial charge in [0.1, 0.15) is 10.9 Å². The highest BCUT2D eigenvalue weighted by molar-refractivity contribution is 8.26. The maximum absolute atomic E-state index is 13.0. The molecule has 2 aromatic carbocycles. The number of thioether (sulfide) groups is 1. The summed E-state index contributed by atoms with van der Waals surface area (Å²) < 4.78 is 17.2. The van der Waals surface area contributed by atoms with Crippen LogP contribution < -0.4 is 9.47 Å². The standard InChI is InChI=1S/C27H30ClNO5S2/c1-3-32-23-16-19(13-14-22(23)34-18-20-10-7-8-11-21(20)28)17-24-26(31)29(27(35)36-24)15-9-5-6-12-25(30)33-4-2/h7-8,10-11,13-14,16-17H,3-6,9,12,15,18H2,1-2H3/b24-17-. The van der Waals surface area contributed by atoms with Gasteiger partial charge in [-0.15, -0.1) is 0 Å². The van der Waals surface area contributed by atoms with Gasteiger partial charge in [0.2, 0.25) is 0 Å². The summed E-state index contributed by atoms with van der Waals surface area (Å²) in [5, 5.41) is 0.646. The average Bonchev–Trinajstić information content (AvgIpc) is 3.12. The molecular formula is C27H30ClNO5S2. The molecule has 1 fully saturated rings. The van der Waals surface area contributed by atoms with Gasteiger partial charge in [0.15, 0.2) is 11.5 Å². The number of esters is 1. The molecule has 0 bridgehead atoms. The second kappa shape index (κ2) is 14.3. The van der Waals surface area contributed by atoms with Crippen LogP contribution in [0.4, 0.5) is 0 Å². The molecule has 36 heavy (non-hydrogen) atoms. The molecular weight excluding hydrogens is 518 g/mol. The van der Waals surface area contributed by atoms with E-state index in [1.165, 1.54) is 11.8 Å². The summed E-state index contributed by atoms with van der Waals surface area (Å²) in [6, 6.07) is 13.1. The zero-order valence-electron chi connectivity index (χ0n) is 20.5. The molecule has 1 aliphatic heterocycles. The van der Waals surface area contributed by atoms with Crippen molar-refractivity contribution in [2.24, 2.45) is 0 Å². The Morgan fingerprint density at radius 1 is 1.06 bits per heavy atom. The highest BCUT2D eigenvalue weighted by atomic mass is 35.5. The Morgan fingerprint density at radius 2 is 1.86 bits per heavy atom. The lowest BCUT2D eigenvalue weighted by molar-refractivity contribution is -0.143. The van der Waals surface area contributed by atoms with Gasteiger partial charge >= 0.3 is 5.97 Å². The minimum absolute atomic E-state index is 0.104. The molecule has 192 valence electrons. The van der Waals surface area contributed by atoms with Crippen molar-refractivity contribution in [3.63, 3.8) is 0 Å². The molecule has 0 atom stereocenters. The monoisotopic (exact) mass is 547 g/mol. The van der Waals surface area contributed by atoms with Crippen LogP contribution in [0.15, 0.2) is 47.4 Å². The number of carbonyl (C=O) groups excluding carboxylic acids is 2. The molecule has 1 amide bonds. The van der Waals surface area contributed by atoms with Crippen LogP contribution in [0.5, 0.6) is 11.5 Å². The zero-order chi connectivity index (χ0) is 25.9. The summed E-state index contributed by atoms with van der Waals surface area (Å²) in [5.74, 6) is 0.907. The van der Waals surface area contributed by atoms with Crippen LogP contribution in [-0.2, 0) is 20.9 Å². The van der Waals surface area contributed by atoms with Crippen molar-refractivity contribution in [2.45, 2.75) is 46.1 Å². The Balaban J connectivity index is 1.61. The van der Waals surface area contributed by atoms with E-state index in [0.29, 0.717) is 58.5 Å². The number of thiocarbonyl (C=S) groups is 1. The van der Waals surface area contributed by atoms with Gasteiger partial charge < -0.3 is 14.2 Å². The third-order valence-corrected chi connectivity index (χ3v) is 7.09. The van der Waals surface area contributed by atoms with Crippen molar-refractivity contribution in [1.29, 1.82) is 0 Å². The first kappa shape index (κ1) is 28.0. The van der Waals surface area contributed by atoms with Crippen LogP contribution >= 0.6 is 35.6 Å². The summed E-state index contributed by atoms with van der Waals surface area (Å²) in [6.07, 6.45) is 4.54. The lowest BCUT2D eigenvalue weighted by atomic mass is 10.1. The average molecular weight is 548 g/mol. The Kier molecular flexibility index (Phi) is 11.1. The van der Waals surface area contributed by atoms with E-state index in [0.717, 1.165) is 30.4 Å². The van der Waals surface area contributed by atoms with E-state index in [9.17, 15) is 9.59 Å². The zero-order valence-corrected chi connectivity index (χ0v) is 22.8. The van der Waals surface area contributed by atoms with Crippen molar-refractivity contribution in [3.05, 3.63) is 63.5 Å². The third-order valence-electron chi connectivity index (χ3n) is 5.35. The van der Waals surface area contributed by atoms with Crippen LogP contribution in [0.3, 0.4) is 0 Å². The molecule has 0 N–H and O–H groups in total. The predicted octanol–water partition coefficient (Wildman–Crippen LogP) is 6.64. The van der Waals surface area contributed by atoms with Gasteiger partial charge in [-0.05, 0) is 56.5 Å². The minimum Gasteiger partial charge on any atom is -0.490 e. The fourth-order valence-corrected chi connectivity index (χ4v) is 5.07. The fraction of sp³-hybridized carbons (Fsp3) is 0.370. The lowest BCUT2D eigenvalue weighted by Gasteiger charge is -2.14. The maximum Gasteiger partial charge on any atom is 0.305 e. The number of amides is 1. The summed E-state index contributed by atoms with van der Waals surface area (Å²) in [4.78, 5) is 26.6. The molecule has 1 heterocycles. The highest BCUT2D eigenvalue weighted by Gasteiger charge is 2.31. The topological polar surface area (TPSA) is 65.1 Å². The van der Waals surface area contributed by atoms with E-state index in [1.807, 2.05) is 55.5 Å². The number of ether oxygens (including phenoxy) is 3. The van der Waals surface area contributed by atoms with Gasteiger partial charge in [-0.25, -0.2) is 0 Å². The molecule has 0 spiro atoms. The van der Waals surface area contributed by atoms with Gasteiger partial charge in [0.05, 0.1) is 18.1 Å². The third kappa shape index (κ3) is 7.98. The Hall–Kier alpha value is -2.55. The Morgan fingerprint density at radius 3 is 2.61 bits per heavy atom. The van der Waals surface area contributed by atoms with Crippen LogP contribution in [0.2, 0.25) is 5.02 Å². The maximum atomic E-state index is 13.0. The summed E-state index contributed by atoms with van der Waals surface area (Å²) in [7, 11) is 0. The summed E-state index contributed by atoms with van der Waals surface area (Å²) >= 11 is 13.0. The van der Waals surface area contributed by atoms with Crippen LogP contribution in [0.1, 0.15) is 50.7 Å². The van der Waals surface area contributed by atoms with E-state index in [4.69, 9.17) is 38.0 Å². The molecule has 6 nitrogen and oxygen atoms in total. The molecule has 0 unspecified atom stereocenters. The summed E-state index contributed by atoms with van der Waals surface area (Å²) in [5.41, 5.74) is 1.70. The largest absolute Gasteiger partial charge is 0.490 e. The van der Waals surface area contributed by atoms with E-state index in [-0.39, 0.29) is 11.9 Å². The van der Waals surface area contributed by atoms with Gasteiger partial charge in [-0.3, -0.25) is 14.5 Å². The number of hydrogen-bond donors (Lipinski definition) is 0. The number of nitrogens with zero attached hydrogens (tertiary/aromatic N) is 1. The van der Waals surface area contributed by atoms with E-state index in [1.54, 1.807) is 11.8 Å². The lowest BCUT2D eigenvalue weighted by Crippen LogP contribution is -2.29. The van der Waals surface area contributed by atoms with Crippen molar-refractivity contribution < 1.29 is 23.8 Å². The van der Waals surface area contributed by atoms with Gasteiger partial charge in [0, 0.05) is 23.6 Å². The van der Waals surface area contributed by atoms with E-state index in [2.05, 4.69) is 0 Å². The van der Waals surface area contributed by atoms with Crippen molar-refractivity contribution in [2.75, 3.05) is 19.8 Å². The number of unbranched alkanes of at least 4 members (excludes halogenated alkanes) is 2. The Labute approximate surface area is 226 Å². The molecule has 3 rings (SSSR count). The molecule has 2 aromatic rings. The molecule has 0 saturated carbocycles. The van der Waals surface area contributed by atoms with Crippen LogP contribution in [0.25, 0.3) is 6.08 Å². The number of hydrogen-bond acceptors (Lipinski definition) is 7. The first-order valence-electron chi connectivity index (χ1n) is 12.0. The first-order chi connectivity index (χ1) is 17.4. The van der Waals surface area contributed by atoms with E-state index >= 15 is 0 Å². The van der Waals surface area contributed by atoms with Crippen molar-refractivity contribution in [1.82, 2.24) is 4.90 Å². The molecule has 0 aromatic heterocycles. The second-order valence-corrected chi connectivity index (χ2v) is 10.1. The van der Waals surface area contributed by atoms with Gasteiger partial charge in [-0.1, -0.05) is 66.3 Å². The van der Waals surface area contributed by atoms with Gasteiger partial charge in [-0.2, -0.15) is 0 Å². The van der Waals surface area contributed by atoms with Crippen molar-refractivity contribution in [3.8, 4) is 11.5 Å². The number of rotatable bonds is 13. The van der Waals surface area contributed by atoms with Gasteiger partial charge in [0.25, 0.3) is 5.91 Å². The minimum atomic E-state index is -0.183. The molecule has 1 saturated heterocycles. The van der Waals surface area contributed by atoms with E-state index < -0.39 is 0 Å².